The van der Waals surface area contributed by atoms with Crippen LogP contribution in [0.4, 0.5) is 0 Å². The molecule has 0 saturated carbocycles. The molecule has 0 aliphatic heterocycles. The molecule has 3 N–H and O–H groups in total. The summed E-state index contributed by atoms with van der Waals surface area (Å²) in [6.07, 6.45) is 3.76. The van der Waals surface area contributed by atoms with Gasteiger partial charge in [-0.25, -0.2) is 0 Å². The quantitative estimate of drug-likeness (QED) is 0.374. The number of ether oxygens (including phenoxy) is 2. The average Bonchev–Trinajstić information content (AvgIpc) is 2.78. The van der Waals surface area contributed by atoms with Gasteiger partial charge in [-0.2, -0.15) is 5.10 Å². The number of nitrogens with two attached hydrogens (primary N) is 1. The summed E-state index contributed by atoms with van der Waals surface area (Å²) in [6.45, 7) is 4.55. The molecule has 1 unspecified atom stereocenters. The van der Waals surface area contributed by atoms with Crippen molar-refractivity contribution in [3.05, 3.63) is 18.0 Å². The molecule has 0 bridgehead atoms. The second-order valence-electron chi connectivity index (χ2n) is 3.42. The number of aromatic nitrogens is 2. The SMILES string of the molecule is CCn1cc(C(COCCOC)NN)cn1. The van der Waals surface area contributed by atoms with Gasteiger partial charge in [-0.05, 0) is 6.92 Å². The zero-order chi connectivity index (χ0) is 11.8. The van der Waals surface area contributed by atoms with E-state index in [9.17, 15) is 0 Å². The van der Waals surface area contributed by atoms with Gasteiger partial charge in [0.1, 0.15) is 0 Å². The van der Waals surface area contributed by atoms with Crippen LogP contribution in [0.2, 0.25) is 0 Å². The molecule has 0 aliphatic carbocycles. The standard InChI is InChI=1S/C10H20N4O2/c1-3-14-7-9(6-12-14)10(13-11)8-16-5-4-15-2/h6-7,10,13H,3-5,8,11H2,1-2H3. The smallest absolute Gasteiger partial charge is 0.0724 e. The first-order chi connectivity index (χ1) is 7.81. The number of hydrogen-bond donors (Lipinski definition) is 2. The summed E-state index contributed by atoms with van der Waals surface area (Å²) in [5, 5.41) is 4.19. The summed E-state index contributed by atoms with van der Waals surface area (Å²) in [5.41, 5.74) is 3.74. The number of nitrogens with one attached hydrogen (secondary N) is 1. The maximum absolute atomic E-state index is 5.47. The van der Waals surface area contributed by atoms with E-state index in [0.29, 0.717) is 19.8 Å². The summed E-state index contributed by atoms with van der Waals surface area (Å²) in [6, 6.07) is -0.0304. The minimum absolute atomic E-state index is 0.0304. The van der Waals surface area contributed by atoms with Gasteiger partial charge in [0.05, 0.1) is 32.1 Å². The Kier molecular flexibility index (Phi) is 6.02. The first-order valence-electron chi connectivity index (χ1n) is 5.37. The van der Waals surface area contributed by atoms with Crippen LogP contribution < -0.4 is 11.3 Å². The summed E-state index contributed by atoms with van der Waals surface area (Å²) in [5.74, 6) is 5.47. The Morgan fingerprint density at radius 3 is 2.94 bits per heavy atom. The molecule has 0 fully saturated rings. The van der Waals surface area contributed by atoms with Crippen molar-refractivity contribution in [2.75, 3.05) is 26.9 Å². The lowest BCUT2D eigenvalue weighted by molar-refractivity contribution is 0.0586. The van der Waals surface area contributed by atoms with E-state index in [1.54, 1.807) is 13.3 Å². The molecular formula is C10H20N4O2. The van der Waals surface area contributed by atoms with E-state index in [4.69, 9.17) is 15.3 Å². The molecular weight excluding hydrogens is 208 g/mol. The van der Waals surface area contributed by atoms with E-state index < -0.39 is 0 Å². The Bertz CT molecular complexity index is 290. The van der Waals surface area contributed by atoms with Crippen molar-refractivity contribution < 1.29 is 9.47 Å². The van der Waals surface area contributed by atoms with Crippen molar-refractivity contribution >= 4 is 0 Å². The van der Waals surface area contributed by atoms with Crippen molar-refractivity contribution in [3.8, 4) is 0 Å². The highest BCUT2D eigenvalue weighted by molar-refractivity contribution is 5.10. The van der Waals surface area contributed by atoms with Gasteiger partial charge in [0.2, 0.25) is 0 Å². The first-order valence-corrected chi connectivity index (χ1v) is 5.37. The Labute approximate surface area is 95.7 Å². The number of methoxy groups -OCH3 is 1. The van der Waals surface area contributed by atoms with Gasteiger partial charge in [0, 0.05) is 25.4 Å². The predicted molar refractivity (Wildman–Crippen MR) is 60.7 cm³/mol. The second-order valence-corrected chi connectivity index (χ2v) is 3.42. The van der Waals surface area contributed by atoms with Crippen LogP contribution in [-0.2, 0) is 16.0 Å². The molecule has 6 heteroatoms. The summed E-state index contributed by atoms with van der Waals surface area (Å²) >= 11 is 0. The highest BCUT2D eigenvalue weighted by Crippen LogP contribution is 2.11. The van der Waals surface area contributed by atoms with Crippen LogP contribution in [0.25, 0.3) is 0 Å². The van der Waals surface area contributed by atoms with Gasteiger partial charge in [0.15, 0.2) is 0 Å². The summed E-state index contributed by atoms with van der Waals surface area (Å²) in [7, 11) is 1.65. The van der Waals surface area contributed by atoms with Gasteiger partial charge in [-0.3, -0.25) is 16.0 Å². The molecule has 1 rings (SSSR count). The molecule has 1 aromatic rings. The molecule has 1 atom stereocenters. The van der Waals surface area contributed by atoms with E-state index in [0.717, 1.165) is 12.1 Å². The normalized spacial score (nSPS) is 12.9. The van der Waals surface area contributed by atoms with Gasteiger partial charge in [0.25, 0.3) is 0 Å². The van der Waals surface area contributed by atoms with E-state index >= 15 is 0 Å². The monoisotopic (exact) mass is 228 g/mol. The third-order valence-electron chi connectivity index (χ3n) is 2.30. The maximum Gasteiger partial charge on any atom is 0.0724 e. The molecule has 0 amide bonds. The average molecular weight is 228 g/mol. The van der Waals surface area contributed by atoms with Crippen molar-refractivity contribution in [3.63, 3.8) is 0 Å². The Hall–Kier alpha value is -0.950. The largest absolute Gasteiger partial charge is 0.382 e. The fraction of sp³-hybridized carbons (Fsp3) is 0.700. The van der Waals surface area contributed by atoms with Crippen LogP contribution in [0.15, 0.2) is 12.4 Å². The van der Waals surface area contributed by atoms with E-state index in [1.165, 1.54) is 0 Å². The molecule has 92 valence electrons. The molecule has 0 spiro atoms. The number of rotatable bonds is 8. The fourth-order valence-corrected chi connectivity index (χ4v) is 1.32. The minimum Gasteiger partial charge on any atom is -0.382 e. The minimum atomic E-state index is -0.0304. The maximum atomic E-state index is 5.47. The molecule has 1 aromatic heterocycles. The third kappa shape index (κ3) is 3.90. The van der Waals surface area contributed by atoms with Crippen LogP contribution in [0, 0.1) is 0 Å². The Morgan fingerprint density at radius 1 is 1.56 bits per heavy atom. The molecule has 6 nitrogen and oxygen atoms in total. The van der Waals surface area contributed by atoms with Crippen LogP contribution in [-0.4, -0.2) is 36.7 Å². The predicted octanol–water partition coefficient (Wildman–Crippen LogP) is 0.0704. The van der Waals surface area contributed by atoms with Crippen molar-refractivity contribution in [1.29, 1.82) is 0 Å². The third-order valence-corrected chi connectivity index (χ3v) is 2.30. The molecule has 0 aromatic carbocycles. The fourth-order valence-electron chi connectivity index (χ4n) is 1.32. The Balaban J connectivity index is 2.40. The lowest BCUT2D eigenvalue weighted by atomic mass is 10.2. The highest BCUT2D eigenvalue weighted by atomic mass is 16.5. The van der Waals surface area contributed by atoms with Gasteiger partial charge < -0.3 is 9.47 Å². The highest BCUT2D eigenvalue weighted by Gasteiger charge is 2.11. The van der Waals surface area contributed by atoms with Crippen LogP contribution in [0.3, 0.4) is 0 Å². The van der Waals surface area contributed by atoms with E-state index in [-0.39, 0.29) is 6.04 Å². The number of aryl methyl sites for hydroxylation is 1. The molecule has 1 heterocycles. The first kappa shape index (κ1) is 13.1. The van der Waals surface area contributed by atoms with Gasteiger partial charge >= 0.3 is 0 Å². The lowest BCUT2D eigenvalue weighted by Crippen LogP contribution is -2.31. The zero-order valence-electron chi connectivity index (χ0n) is 9.85. The topological polar surface area (TPSA) is 74.3 Å². The van der Waals surface area contributed by atoms with Crippen molar-refractivity contribution in [2.24, 2.45) is 5.84 Å². The molecule has 16 heavy (non-hydrogen) atoms. The number of hydrazine groups is 1. The number of hydrogen-bond acceptors (Lipinski definition) is 5. The van der Waals surface area contributed by atoms with Gasteiger partial charge in [-0.1, -0.05) is 0 Å². The van der Waals surface area contributed by atoms with Crippen LogP contribution in [0.1, 0.15) is 18.5 Å². The lowest BCUT2D eigenvalue weighted by Gasteiger charge is -2.14. The van der Waals surface area contributed by atoms with Crippen molar-refractivity contribution in [1.82, 2.24) is 15.2 Å². The van der Waals surface area contributed by atoms with Crippen molar-refractivity contribution in [2.45, 2.75) is 19.5 Å². The summed E-state index contributed by atoms with van der Waals surface area (Å²) in [4.78, 5) is 0. The molecule has 0 saturated heterocycles. The van der Waals surface area contributed by atoms with E-state index in [1.807, 2.05) is 17.8 Å². The summed E-state index contributed by atoms with van der Waals surface area (Å²) < 4.78 is 12.2. The van der Waals surface area contributed by atoms with E-state index in [2.05, 4.69) is 10.5 Å². The molecule has 0 aliphatic rings. The number of nitrogens with zero attached hydrogens (tertiary/aromatic N) is 2. The van der Waals surface area contributed by atoms with Crippen LogP contribution >= 0.6 is 0 Å². The second kappa shape index (κ2) is 7.34. The van der Waals surface area contributed by atoms with Gasteiger partial charge in [-0.15, -0.1) is 0 Å². The Morgan fingerprint density at radius 2 is 2.38 bits per heavy atom. The van der Waals surface area contributed by atoms with Crippen LogP contribution in [0.5, 0.6) is 0 Å². The molecule has 0 radical (unpaired) electrons. The zero-order valence-corrected chi connectivity index (χ0v) is 9.85.